The van der Waals surface area contributed by atoms with Gasteiger partial charge in [-0.25, -0.2) is 13.8 Å². The van der Waals surface area contributed by atoms with Gasteiger partial charge in [0.15, 0.2) is 0 Å². The van der Waals surface area contributed by atoms with E-state index in [0.29, 0.717) is 10.7 Å². The van der Waals surface area contributed by atoms with Gasteiger partial charge < -0.3 is 4.57 Å². The van der Waals surface area contributed by atoms with Crippen LogP contribution in [-0.2, 0) is 14.8 Å². The molecule has 31 heavy (non-hydrogen) atoms. The molecule has 1 amide bonds. The average molecular weight is 459 g/mol. The van der Waals surface area contributed by atoms with E-state index in [0.717, 1.165) is 33.2 Å². The zero-order valence-corrected chi connectivity index (χ0v) is 19.0. The number of hydrogen-bond donors (Lipinski definition) is 1. The highest BCUT2D eigenvalue weighted by molar-refractivity contribution is 7.92. The lowest BCUT2D eigenvalue weighted by Crippen LogP contribution is -2.38. The van der Waals surface area contributed by atoms with Crippen molar-refractivity contribution in [3.63, 3.8) is 0 Å². The largest absolute Gasteiger partial charge is 0.318 e. The lowest BCUT2D eigenvalue weighted by Gasteiger charge is -2.21. The standard InChI is InChI=1S/C22H23ClN4O3S/c1-16-13-18(17(2)27(16)21-11-9-19(23)10-12-21)14-24-25-22(28)15-26(31(3,29)30)20-7-5-4-6-8-20/h4-14H,15H2,1-3H3,(H,25,28)/b24-14+. The third kappa shape index (κ3) is 5.53. The number of hydrogen-bond acceptors (Lipinski definition) is 4. The summed E-state index contributed by atoms with van der Waals surface area (Å²) in [7, 11) is -3.63. The predicted octanol–water partition coefficient (Wildman–Crippen LogP) is 3.66. The van der Waals surface area contributed by atoms with E-state index in [4.69, 9.17) is 11.6 Å². The second-order valence-electron chi connectivity index (χ2n) is 7.04. The Morgan fingerprint density at radius 2 is 1.77 bits per heavy atom. The molecule has 3 rings (SSSR count). The van der Waals surface area contributed by atoms with E-state index >= 15 is 0 Å². The number of nitrogens with zero attached hydrogens (tertiary/aromatic N) is 3. The predicted molar refractivity (Wildman–Crippen MR) is 125 cm³/mol. The Morgan fingerprint density at radius 3 is 2.39 bits per heavy atom. The highest BCUT2D eigenvalue weighted by Gasteiger charge is 2.20. The summed E-state index contributed by atoms with van der Waals surface area (Å²) in [5, 5.41) is 4.67. The number of rotatable bonds is 7. The van der Waals surface area contributed by atoms with Crippen LogP contribution in [0.5, 0.6) is 0 Å². The van der Waals surface area contributed by atoms with E-state index in [1.165, 1.54) is 0 Å². The molecule has 0 aliphatic heterocycles. The van der Waals surface area contributed by atoms with E-state index in [-0.39, 0.29) is 6.54 Å². The van der Waals surface area contributed by atoms with Gasteiger partial charge in [0.05, 0.1) is 18.2 Å². The molecule has 2 aromatic carbocycles. The molecule has 0 radical (unpaired) electrons. The molecule has 9 heteroatoms. The van der Waals surface area contributed by atoms with Gasteiger partial charge in [0.25, 0.3) is 5.91 Å². The average Bonchev–Trinajstić information content (AvgIpc) is 3.00. The number of aromatic nitrogens is 1. The molecule has 7 nitrogen and oxygen atoms in total. The number of carbonyl (C=O) groups excluding carboxylic acids is 1. The second kappa shape index (κ2) is 9.36. The molecule has 162 valence electrons. The van der Waals surface area contributed by atoms with Crippen LogP contribution < -0.4 is 9.73 Å². The molecule has 3 aromatic rings. The number of amides is 1. The lowest BCUT2D eigenvalue weighted by atomic mass is 10.2. The number of anilines is 1. The van der Waals surface area contributed by atoms with Gasteiger partial charge in [-0.3, -0.25) is 9.10 Å². The fraction of sp³-hybridized carbons (Fsp3) is 0.182. The molecule has 0 unspecified atom stereocenters. The molecular formula is C22H23ClN4O3S. The highest BCUT2D eigenvalue weighted by Crippen LogP contribution is 2.21. The maximum Gasteiger partial charge on any atom is 0.260 e. The maximum atomic E-state index is 12.3. The van der Waals surface area contributed by atoms with E-state index < -0.39 is 15.9 Å². The fourth-order valence-corrected chi connectivity index (χ4v) is 4.22. The van der Waals surface area contributed by atoms with Crippen LogP contribution in [0.1, 0.15) is 17.0 Å². The summed E-state index contributed by atoms with van der Waals surface area (Å²) in [5.41, 5.74) is 6.56. The Morgan fingerprint density at radius 1 is 1.13 bits per heavy atom. The zero-order valence-electron chi connectivity index (χ0n) is 17.4. The molecule has 0 spiro atoms. The van der Waals surface area contributed by atoms with E-state index in [9.17, 15) is 13.2 Å². The monoisotopic (exact) mass is 458 g/mol. The quantitative estimate of drug-likeness (QED) is 0.433. The summed E-state index contributed by atoms with van der Waals surface area (Å²) < 4.78 is 27.3. The first-order chi connectivity index (χ1) is 14.7. The Kier molecular flexibility index (Phi) is 6.82. The summed E-state index contributed by atoms with van der Waals surface area (Å²) in [6.07, 6.45) is 2.60. The van der Waals surface area contributed by atoms with E-state index in [1.54, 1.807) is 36.5 Å². The maximum absolute atomic E-state index is 12.3. The Hall–Kier alpha value is -3.10. The molecule has 1 aromatic heterocycles. The van der Waals surface area contributed by atoms with Crippen LogP contribution in [0.4, 0.5) is 5.69 Å². The smallest absolute Gasteiger partial charge is 0.260 e. The van der Waals surface area contributed by atoms with Crippen molar-refractivity contribution in [1.29, 1.82) is 0 Å². The summed E-state index contributed by atoms with van der Waals surface area (Å²) in [5.74, 6) is -0.544. The summed E-state index contributed by atoms with van der Waals surface area (Å²) in [6.45, 7) is 3.55. The Bertz CT molecular complexity index is 1200. The third-order valence-corrected chi connectivity index (χ3v) is 6.07. The number of benzene rings is 2. The van der Waals surface area contributed by atoms with Gasteiger partial charge in [-0.1, -0.05) is 29.8 Å². The van der Waals surface area contributed by atoms with Gasteiger partial charge in [0.1, 0.15) is 6.54 Å². The van der Waals surface area contributed by atoms with Crippen LogP contribution in [0.25, 0.3) is 5.69 Å². The minimum atomic E-state index is -3.63. The molecule has 0 saturated carbocycles. The van der Waals surface area contributed by atoms with Gasteiger partial charge in [-0.15, -0.1) is 0 Å². The van der Waals surface area contributed by atoms with Crippen LogP contribution in [0.15, 0.2) is 65.8 Å². The van der Waals surface area contributed by atoms with Crippen molar-refractivity contribution in [3.8, 4) is 5.69 Å². The molecule has 0 aliphatic rings. The van der Waals surface area contributed by atoms with Crippen LogP contribution in [0.3, 0.4) is 0 Å². The van der Waals surface area contributed by atoms with E-state index in [2.05, 4.69) is 15.1 Å². The molecule has 0 bridgehead atoms. The zero-order chi connectivity index (χ0) is 22.6. The van der Waals surface area contributed by atoms with Crippen LogP contribution in [0, 0.1) is 13.8 Å². The highest BCUT2D eigenvalue weighted by atomic mass is 35.5. The first kappa shape index (κ1) is 22.6. The molecule has 1 heterocycles. The third-order valence-electron chi connectivity index (χ3n) is 4.68. The summed E-state index contributed by atoms with van der Waals surface area (Å²) in [6, 6.07) is 17.9. The fourth-order valence-electron chi connectivity index (χ4n) is 3.24. The number of nitrogens with one attached hydrogen (secondary N) is 1. The van der Waals surface area contributed by atoms with Crippen molar-refractivity contribution in [2.75, 3.05) is 17.1 Å². The number of hydrazone groups is 1. The lowest BCUT2D eigenvalue weighted by molar-refractivity contribution is -0.119. The second-order valence-corrected chi connectivity index (χ2v) is 9.38. The first-order valence-electron chi connectivity index (χ1n) is 9.46. The van der Waals surface area contributed by atoms with Crippen molar-refractivity contribution < 1.29 is 13.2 Å². The van der Waals surface area contributed by atoms with Gasteiger partial charge in [-0.2, -0.15) is 5.10 Å². The van der Waals surface area contributed by atoms with Crippen molar-refractivity contribution in [1.82, 2.24) is 9.99 Å². The first-order valence-corrected chi connectivity index (χ1v) is 11.7. The van der Waals surface area contributed by atoms with Crippen molar-refractivity contribution in [2.24, 2.45) is 5.10 Å². The number of sulfonamides is 1. The van der Waals surface area contributed by atoms with Crippen molar-refractivity contribution >= 4 is 39.4 Å². The summed E-state index contributed by atoms with van der Waals surface area (Å²) in [4.78, 5) is 12.3. The van der Waals surface area contributed by atoms with Crippen LogP contribution >= 0.6 is 11.6 Å². The van der Waals surface area contributed by atoms with Crippen molar-refractivity contribution in [2.45, 2.75) is 13.8 Å². The molecule has 0 atom stereocenters. The number of aryl methyl sites for hydroxylation is 1. The summed E-state index contributed by atoms with van der Waals surface area (Å²) >= 11 is 5.97. The molecule has 0 saturated heterocycles. The molecule has 0 fully saturated rings. The Labute approximate surface area is 187 Å². The molecular weight excluding hydrogens is 436 g/mol. The van der Waals surface area contributed by atoms with Crippen LogP contribution in [-0.4, -0.2) is 37.9 Å². The van der Waals surface area contributed by atoms with E-state index in [1.807, 2.05) is 44.2 Å². The normalized spacial score (nSPS) is 11.6. The van der Waals surface area contributed by atoms with Crippen molar-refractivity contribution in [3.05, 3.63) is 82.6 Å². The van der Waals surface area contributed by atoms with Crippen LogP contribution in [0.2, 0.25) is 5.02 Å². The van der Waals surface area contributed by atoms with Gasteiger partial charge in [0.2, 0.25) is 10.0 Å². The van der Waals surface area contributed by atoms with Gasteiger partial charge in [0, 0.05) is 27.7 Å². The minimum Gasteiger partial charge on any atom is -0.318 e. The number of carbonyl (C=O) groups is 1. The van der Waals surface area contributed by atoms with Gasteiger partial charge in [-0.05, 0) is 56.3 Å². The Balaban J connectivity index is 1.72. The minimum absolute atomic E-state index is 0.371. The van der Waals surface area contributed by atoms with Gasteiger partial charge >= 0.3 is 0 Å². The molecule has 1 N–H and O–H groups in total. The number of halogens is 1. The molecule has 0 aliphatic carbocycles. The SMILES string of the molecule is Cc1cc(/C=N/NC(=O)CN(c2ccccc2)S(C)(=O)=O)c(C)n1-c1ccc(Cl)cc1. The topological polar surface area (TPSA) is 83.8 Å². The number of para-hydroxylation sites is 1.